The number of methoxy groups -OCH3 is 1. The van der Waals surface area contributed by atoms with Crippen LogP contribution in [0.4, 0.5) is 5.69 Å². The Morgan fingerprint density at radius 2 is 1.89 bits per heavy atom. The first-order valence-corrected chi connectivity index (χ1v) is 9.61. The number of para-hydroxylation sites is 2. The Hall–Kier alpha value is -2.24. The monoisotopic (exact) mass is 387 g/mol. The summed E-state index contributed by atoms with van der Waals surface area (Å²) in [6.07, 6.45) is 0. The summed E-state index contributed by atoms with van der Waals surface area (Å²) in [5.74, 6) is 0.998. The van der Waals surface area contributed by atoms with E-state index in [0.29, 0.717) is 24.7 Å². The lowest BCUT2D eigenvalue weighted by Crippen LogP contribution is -2.51. The maximum Gasteiger partial charge on any atom is 0.236 e. The van der Waals surface area contributed by atoms with E-state index in [4.69, 9.17) is 16.3 Å². The minimum absolute atomic E-state index is 0.0718. The SMILES string of the molecule is COc1ccccc1N1CCN(C(=O)CN[C@H](C)c2cccc(Cl)c2)CC1. The van der Waals surface area contributed by atoms with Crippen molar-refractivity contribution in [1.29, 1.82) is 0 Å². The van der Waals surface area contributed by atoms with Crippen molar-refractivity contribution >= 4 is 23.2 Å². The fourth-order valence-corrected chi connectivity index (χ4v) is 3.53. The number of carbonyl (C=O) groups excluding carboxylic acids is 1. The summed E-state index contributed by atoms with van der Waals surface area (Å²) in [5, 5.41) is 4.01. The van der Waals surface area contributed by atoms with Gasteiger partial charge in [0, 0.05) is 37.2 Å². The molecule has 0 spiro atoms. The first kappa shape index (κ1) is 19.5. The Morgan fingerprint density at radius 1 is 1.15 bits per heavy atom. The first-order valence-electron chi connectivity index (χ1n) is 9.23. The van der Waals surface area contributed by atoms with Crippen LogP contribution in [0.5, 0.6) is 5.75 Å². The maximum atomic E-state index is 12.6. The lowest BCUT2D eigenvalue weighted by Gasteiger charge is -2.36. The van der Waals surface area contributed by atoms with E-state index in [-0.39, 0.29) is 11.9 Å². The maximum absolute atomic E-state index is 12.6. The molecule has 1 atom stereocenters. The van der Waals surface area contributed by atoms with E-state index in [1.807, 2.05) is 54.3 Å². The Kier molecular flexibility index (Phi) is 6.58. The van der Waals surface area contributed by atoms with Crippen LogP contribution in [0, 0.1) is 0 Å². The number of halogens is 1. The molecule has 3 rings (SSSR count). The van der Waals surface area contributed by atoms with E-state index < -0.39 is 0 Å². The van der Waals surface area contributed by atoms with Crippen molar-refractivity contribution in [2.45, 2.75) is 13.0 Å². The van der Waals surface area contributed by atoms with Crippen molar-refractivity contribution in [1.82, 2.24) is 10.2 Å². The summed E-state index contributed by atoms with van der Waals surface area (Å²) < 4.78 is 5.45. The van der Waals surface area contributed by atoms with Gasteiger partial charge in [-0.3, -0.25) is 4.79 Å². The molecule has 2 aromatic rings. The lowest BCUT2D eigenvalue weighted by molar-refractivity contribution is -0.130. The van der Waals surface area contributed by atoms with Crippen LogP contribution in [0.15, 0.2) is 48.5 Å². The zero-order valence-corrected chi connectivity index (χ0v) is 16.6. The summed E-state index contributed by atoms with van der Waals surface area (Å²) in [4.78, 5) is 16.7. The highest BCUT2D eigenvalue weighted by atomic mass is 35.5. The molecule has 0 saturated carbocycles. The van der Waals surface area contributed by atoms with Crippen LogP contribution in [0.1, 0.15) is 18.5 Å². The number of rotatable bonds is 6. The molecule has 1 amide bonds. The average molecular weight is 388 g/mol. The highest BCUT2D eigenvalue weighted by Gasteiger charge is 2.23. The largest absolute Gasteiger partial charge is 0.495 e. The standard InChI is InChI=1S/C21H26ClN3O2/c1-16(17-6-5-7-18(22)14-17)23-15-21(26)25-12-10-24(11-13-25)19-8-3-4-9-20(19)27-2/h3-9,14,16,23H,10-13,15H2,1-2H3/t16-/m1/s1. The summed E-state index contributed by atoms with van der Waals surface area (Å²) in [6.45, 7) is 5.39. The summed E-state index contributed by atoms with van der Waals surface area (Å²) in [5.41, 5.74) is 2.16. The van der Waals surface area contributed by atoms with Crippen molar-refractivity contribution in [3.8, 4) is 5.75 Å². The van der Waals surface area contributed by atoms with Gasteiger partial charge < -0.3 is 19.9 Å². The molecule has 1 heterocycles. The van der Waals surface area contributed by atoms with Crippen LogP contribution < -0.4 is 15.0 Å². The minimum atomic E-state index is 0.0718. The molecule has 6 heteroatoms. The lowest BCUT2D eigenvalue weighted by atomic mass is 10.1. The number of hydrogen-bond acceptors (Lipinski definition) is 4. The van der Waals surface area contributed by atoms with Gasteiger partial charge >= 0.3 is 0 Å². The van der Waals surface area contributed by atoms with E-state index in [0.717, 1.165) is 30.1 Å². The molecule has 27 heavy (non-hydrogen) atoms. The predicted molar refractivity (Wildman–Crippen MR) is 110 cm³/mol. The van der Waals surface area contributed by atoms with Gasteiger partial charge in [-0.1, -0.05) is 35.9 Å². The number of nitrogens with zero attached hydrogens (tertiary/aromatic N) is 2. The molecule has 2 aromatic carbocycles. The molecular formula is C21H26ClN3O2. The van der Waals surface area contributed by atoms with Crippen molar-refractivity contribution in [3.63, 3.8) is 0 Å². The Bertz CT molecular complexity index is 776. The quantitative estimate of drug-likeness (QED) is 0.825. The van der Waals surface area contributed by atoms with Crippen LogP contribution in [0.2, 0.25) is 5.02 Å². The molecule has 144 valence electrons. The number of carbonyl (C=O) groups is 1. The Balaban J connectivity index is 1.50. The van der Waals surface area contributed by atoms with E-state index in [9.17, 15) is 4.79 Å². The number of ether oxygens (including phenoxy) is 1. The van der Waals surface area contributed by atoms with Crippen molar-refractivity contribution < 1.29 is 9.53 Å². The molecule has 1 saturated heterocycles. The normalized spacial score (nSPS) is 15.5. The molecule has 1 aliphatic rings. The average Bonchev–Trinajstić information content (AvgIpc) is 2.71. The fourth-order valence-electron chi connectivity index (χ4n) is 3.33. The van der Waals surface area contributed by atoms with E-state index in [1.54, 1.807) is 7.11 Å². The van der Waals surface area contributed by atoms with Crippen molar-refractivity contribution in [3.05, 3.63) is 59.1 Å². The molecule has 5 nitrogen and oxygen atoms in total. The zero-order chi connectivity index (χ0) is 19.2. The van der Waals surface area contributed by atoms with Gasteiger partial charge in [-0.2, -0.15) is 0 Å². The van der Waals surface area contributed by atoms with Gasteiger partial charge in [0.2, 0.25) is 5.91 Å². The van der Waals surface area contributed by atoms with Gasteiger partial charge in [0.1, 0.15) is 5.75 Å². The van der Waals surface area contributed by atoms with Gasteiger partial charge in [0.05, 0.1) is 19.3 Å². The molecule has 0 unspecified atom stereocenters. The van der Waals surface area contributed by atoms with Gasteiger partial charge in [0.15, 0.2) is 0 Å². The van der Waals surface area contributed by atoms with Crippen LogP contribution in [-0.2, 0) is 4.79 Å². The second kappa shape index (κ2) is 9.11. The fraction of sp³-hybridized carbons (Fsp3) is 0.381. The number of anilines is 1. The van der Waals surface area contributed by atoms with E-state index >= 15 is 0 Å². The highest BCUT2D eigenvalue weighted by molar-refractivity contribution is 6.30. The molecule has 1 N–H and O–H groups in total. The number of amides is 1. The third-order valence-electron chi connectivity index (χ3n) is 4.97. The van der Waals surface area contributed by atoms with Gasteiger partial charge in [-0.15, -0.1) is 0 Å². The highest BCUT2D eigenvalue weighted by Crippen LogP contribution is 2.28. The van der Waals surface area contributed by atoms with Crippen LogP contribution in [0.25, 0.3) is 0 Å². The molecule has 1 fully saturated rings. The summed E-state index contributed by atoms with van der Waals surface area (Å²) >= 11 is 6.04. The predicted octanol–water partition coefficient (Wildman–Crippen LogP) is 3.35. The molecular weight excluding hydrogens is 362 g/mol. The molecule has 0 radical (unpaired) electrons. The van der Waals surface area contributed by atoms with Crippen molar-refractivity contribution in [2.24, 2.45) is 0 Å². The summed E-state index contributed by atoms with van der Waals surface area (Å²) in [6, 6.07) is 15.8. The molecule has 1 aliphatic heterocycles. The topological polar surface area (TPSA) is 44.8 Å². The Labute approximate surface area is 165 Å². The van der Waals surface area contributed by atoms with Gasteiger partial charge in [-0.05, 0) is 36.8 Å². The van der Waals surface area contributed by atoms with E-state index in [2.05, 4.69) is 16.3 Å². The third kappa shape index (κ3) is 4.93. The van der Waals surface area contributed by atoms with Gasteiger partial charge in [-0.25, -0.2) is 0 Å². The second-order valence-corrected chi connectivity index (χ2v) is 7.13. The molecule has 0 aromatic heterocycles. The molecule has 0 bridgehead atoms. The molecule has 0 aliphatic carbocycles. The third-order valence-corrected chi connectivity index (χ3v) is 5.20. The summed E-state index contributed by atoms with van der Waals surface area (Å²) in [7, 11) is 1.69. The van der Waals surface area contributed by atoms with Gasteiger partial charge in [0.25, 0.3) is 0 Å². The zero-order valence-electron chi connectivity index (χ0n) is 15.8. The number of piperazine rings is 1. The van der Waals surface area contributed by atoms with Crippen LogP contribution >= 0.6 is 11.6 Å². The van der Waals surface area contributed by atoms with Crippen LogP contribution in [-0.4, -0.2) is 50.6 Å². The van der Waals surface area contributed by atoms with Crippen molar-refractivity contribution in [2.75, 3.05) is 44.7 Å². The smallest absolute Gasteiger partial charge is 0.236 e. The second-order valence-electron chi connectivity index (χ2n) is 6.70. The number of hydrogen-bond donors (Lipinski definition) is 1. The first-order chi connectivity index (χ1) is 13.1. The Morgan fingerprint density at radius 3 is 2.59 bits per heavy atom. The minimum Gasteiger partial charge on any atom is -0.495 e. The number of benzene rings is 2. The number of nitrogens with one attached hydrogen (secondary N) is 1. The van der Waals surface area contributed by atoms with Crippen LogP contribution in [0.3, 0.4) is 0 Å². The van der Waals surface area contributed by atoms with E-state index in [1.165, 1.54) is 0 Å².